The summed E-state index contributed by atoms with van der Waals surface area (Å²) in [5.41, 5.74) is 6.41. The Hall–Kier alpha value is -3.86. The lowest BCUT2D eigenvalue weighted by Crippen LogP contribution is -2.21. The minimum absolute atomic E-state index is 0.0213. The van der Waals surface area contributed by atoms with Crippen LogP contribution in [0.4, 0.5) is 4.39 Å². The number of fused-ring (bicyclic) bond motifs is 1. The predicted octanol–water partition coefficient (Wildman–Crippen LogP) is 6.21. The van der Waals surface area contributed by atoms with Gasteiger partial charge in [0.2, 0.25) is 0 Å². The number of nitrogens with zero attached hydrogens (tertiary/aromatic N) is 1. The normalized spacial score (nSPS) is 15.2. The Labute approximate surface area is 197 Å². The highest BCUT2D eigenvalue weighted by molar-refractivity contribution is 6.02. The molecular formula is C29H25FN2O2. The number of benzene rings is 2. The topological polar surface area (TPSA) is 62.8 Å². The molecule has 1 atom stereocenters. The van der Waals surface area contributed by atoms with E-state index in [1.807, 2.05) is 30.3 Å². The van der Waals surface area contributed by atoms with Gasteiger partial charge in [-0.3, -0.25) is 14.6 Å². The average molecular weight is 453 g/mol. The second-order valence-corrected chi connectivity index (χ2v) is 8.90. The zero-order valence-corrected chi connectivity index (χ0v) is 18.8. The predicted molar refractivity (Wildman–Crippen MR) is 129 cm³/mol. The number of Topliss-reactive ketones (excluding diaryl/α,β-unsaturated/α-hetero) is 2. The first-order chi connectivity index (χ1) is 16.6. The van der Waals surface area contributed by atoms with Gasteiger partial charge in [0.15, 0.2) is 11.6 Å². The first-order valence-electron chi connectivity index (χ1n) is 11.6. The minimum atomic E-state index is -0.356. The van der Waals surface area contributed by atoms with Crippen molar-refractivity contribution >= 4 is 11.6 Å². The molecule has 0 bridgehead atoms. The van der Waals surface area contributed by atoms with Crippen molar-refractivity contribution < 1.29 is 14.0 Å². The summed E-state index contributed by atoms with van der Waals surface area (Å²) in [5.74, 6) is -0.155. The van der Waals surface area contributed by atoms with Gasteiger partial charge in [0.25, 0.3) is 0 Å². The van der Waals surface area contributed by atoms with E-state index < -0.39 is 0 Å². The van der Waals surface area contributed by atoms with E-state index in [0.717, 1.165) is 40.1 Å². The zero-order valence-electron chi connectivity index (χ0n) is 18.8. The highest BCUT2D eigenvalue weighted by Gasteiger charge is 2.31. The smallest absolute Gasteiger partial charge is 0.165 e. The summed E-state index contributed by atoms with van der Waals surface area (Å²) in [6.07, 6.45) is 6.31. The summed E-state index contributed by atoms with van der Waals surface area (Å²) < 4.78 is 13.1. The van der Waals surface area contributed by atoms with Crippen LogP contribution in [0.5, 0.6) is 0 Å². The van der Waals surface area contributed by atoms with Gasteiger partial charge < -0.3 is 4.98 Å². The highest BCUT2D eigenvalue weighted by Crippen LogP contribution is 2.37. The van der Waals surface area contributed by atoms with Crippen molar-refractivity contribution in [3.8, 4) is 11.3 Å². The van der Waals surface area contributed by atoms with Crippen molar-refractivity contribution in [1.82, 2.24) is 9.97 Å². The van der Waals surface area contributed by atoms with Gasteiger partial charge in [-0.15, -0.1) is 0 Å². The van der Waals surface area contributed by atoms with Gasteiger partial charge >= 0.3 is 0 Å². The first-order valence-corrected chi connectivity index (χ1v) is 11.6. The quantitative estimate of drug-likeness (QED) is 0.339. The zero-order chi connectivity index (χ0) is 23.5. The van der Waals surface area contributed by atoms with Gasteiger partial charge in [-0.25, -0.2) is 4.39 Å². The Balaban J connectivity index is 1.40. The SMILES string of the molecule is O=C(CCC1CC(=O)c2c([nH]c(-c3ccncc3)c2Cc2ccccc2)C1)c1ccc(F)cc1. The molecule has 4 nitrogen and oxygen atoms in total. The van der Waals surface area contributed by atoms with Gasteiger partial charge in [-0.1, -0.05) is 30.3 Å². The number of rotatable bonds is 7. The number of hydrogen-bond donors (Lipinski definition) is 1. The van der Waals surface area contributed by atoms with Gasteiger partial charge in [0.05, 0.1) is 5.69 Å². The molecule has 0 radical (unpaired) electrons. The lowest BCUT2D eigenvalue weighted by Gasteiger charge is -2.22. The molecule has 0 fully saturated rings. The van der Waals surface area contributed by atoms with E-state index in [1.165, 1.54) is 24.3 Å². The second kappa shape index (κ2) is 9.56. The number of carbonyl (C=O) groups is 2. The van der Waals surface area contributed by atoms with Crippen molar-refractivity contribution in [2.24, 2.45) is 5.92 Å². The fraction of sp³-hybridized carbons (Fsp3) is 0.207. The number of hydrogen-bond acceptors (Lipinski definition) is 3. The number of ketones is 2. The molecule has 0 spiro atoms. The second-order valence-electron chi connectivity index (χ2n) is 8.90. The Morgan fingerprint density at radius 3 is 2.44 bits per heavy atom. The average Bonchev–Trinajstić information content (AvgIpc) is 3.23. The van der Waals surface area contributed by atoms with Gasteiger partial charge in [-0.2, -0.15) is 0 Å². The van der Waals surface area contributed by atoms with E-state index >= 15 is 0 Å². The fourth-order valence-electron chi connectivity index (χ4n) is 4.87. The molecule has 0 aliphatic heterocycles. The van der Waals surface area contributed by atoms with Crippen LogP contribution in [-0.4, -0.2) is 21.5 Å². The Morgan fingerprint density at radius 2 is 1.71 bits per heavy atom. The number of aromatic amines is 1. The van der Waals surface area contributed by atoms with E-state index in [1.54, 1.807) is 12.4 Å². The molecule has 1 N–H and O–H groups in total. The molecule has 0 saturated heterocycles. The molecule has 1 unspecified atom stereocenters. The molecule has 1 aliphatic rings. The molecule has 4 aromatic rings. The molecule has 0 amide bonds. The summed E-state index contributed by atoms with van der Waals surface area (Å²) in [5, 5.41) is 0. The van der Waals surface area contributed by atoms with E-state index in [2.05, 4.69) is 22.1 Å². The third kappa shape index (κ3) is 4.60. The van der Waals surface area contributed by atoms with Crippen LogP contribution in [0, 0.1) is 11.7 Å². The molecule has 2 aromatic carbocycles. The first kappa shape index (κ1) is 22.0. The lowest BCUT2D eigenvalue weighted by molar-refractivity contribution is 0.0919. The maximum absolute atomic E-state index is 13.3. The van der Waals surface area contributed by atoms with Gasteiger partial charge in [-0.05, 0) is 66.3 Å². The Morgan fingerprint density at radius 1 is 0.971 bits per heavy atom. The van der Waals surface area contributed by atoms with Crippen molar-refractivity contribution in [2.75, 3.05) is 0 Å². The van der Waals surface area contributed by atoms with Crippen LogP contribution in [-0.2, 0) is 12.8 Å². The van der Waals surface area contributed by atoms with Crippen LogP contribution in [0.15, 0.2) is 79.1 Å². The highest BCUT2D eigenvalue weighted by atomic mass is 19.1. The maximum atomic E-state index is 13.3. The molecule has 0 saturated carbocycles. The monoisotopic (exact) mass is 452 g/mol. The number of nitrogens with one attached hydrogen (secondary N) is 1. The maximum Gasteiger partial charge on any atom is 0.165 e. The lowest BCUT2D eigenvalue weighted by atomic mass is 9.81. The summed E-state index contributed by atoms with van der Waals surface area (Å²) in [6, 6.07) is 19.7. The summed E-state index contributed by atoms with van der Waals surface area (Å²) >= 11 is 0. The Bertz CT molecular complexity index is 1310. The molecule has 170 valence electrons. The molecule has 34 heavy (non-hydrogen) atoms. The van der Waals surface area contributed by atoms with Crippen LogP contribution in [0.25, 0.3) is 11.3 Å². The molecule has 5 heteroatoms. The molecular weight excluding hydrogens is 427 g/mol. The van der Waals surface area contributed by atoms with Gasteiger partial charge in [0.1, 0.15) is 5.82 Å². The standard InChI is InChI=1S/C29H25FN2O2/c30-23-9-7-21(8-10-23)26(33)11-6-20-17-25-28(27(34)18-20)24(16-19-4-2-1-3-5-19)29(32-25)22-12-14-31-15-13-22/h1-5,7-10,12-15,20,32H,6,11,16-18H2. The largest absolute Gasteiger partial charge is 0.358 e. The number of pyridine rings is 1. The van der Waals surface area contributed by atoms with Crippen LogP contribution in [0.3, 0.4) is 0 Å². The van der Waals surface area contributed by atoms with E-state index in [4.69, 9.17) is 0 Å². The molecule has 1 aliphatic carbocycles. The molecule has 2 aromatic heterocycles. The van der Waals surface area contributed by atoms with E-state index in [0.29, 0.717) is 31.2 Å². The summed E-state index contributed by atoms with van der Waals surface area (Å²) in [4.78, 5) is 33.6. The Kier molecular flexibility index (Phi) is 6.17. The third-order valence-corrected chi connectivity index (χ3v) is 6.57. The van der Waals surface area contributed by atoms with Crippen LogP contribution in [0.2, 0.25) is 0 Å². The number of aromatic nitrogens is 2. The van der Waals surface area contributed by atoms with Gasteiger partial charge in [0, 0.05) is 54.0 Å². The number of carbonyl (C=O) groups excluding carboxylic acids is 2. The molecule has 5 rings (SSSR count). The fourth-order valence-corrected chi connectivity index (χ4v) is 4.87. The minimum Gasteiger partial charge on any atom is -0.358 e. The summed E-state index contributed by atoms with van der Waals surface area (Å²) in [6.45, 7) is 0. The number of H-pyrrole nitrogens is 1. The third-order valence-electron chi connectivity index (χ3n) is 6.57. The van der Waals surface area contributed by atoms with E-state index in [9.17, 15) is 14.0 Å². The van der Waals surface area contributed by atoms with Crippen LogP contribution < -0.4 is 0 Å². The van der Waals surface area contributed by atoms with Crippen LogP contribution >= 0.6 is 0 Å². The van der Waals surface area contributed by atoms with Crippen molar-refractivity contribution in [3.05, 3.63) is 113 Å². The van der Waals surface area contributed by atoms with Crippen molar-refractivity contribution in [3.63, 3.8) is 0 Å². The summed E-state index contributed by atoms with van der Waals surface area (Å²) in [7, 11) is 0. The van der Waals surface area contributed by atoms with Crippen molar-refractivity contribution in [2.45, 2.75) is 32.1 Å². The van der Waals surface area contributed by atoms with Crippen LogP contribution in [0.1, 0.15) is 56.8 Å². The number of halogens is 1. The van der Waals surface area contributed by atoms with E-state index in [-0.39, 0.29) is 23.3 Å². The molecule has 2 heterocycles. The van der Waals surface area contributed by atoms with Crippen molar-refractivity contribution in [1.29, 1.82) is 0 Å².